The molecule has 1 unspecified atom stereocenters. The van der Waals surface area contributed by atoms with Crippen LogP contribution in [-0.4, -0.2) is 46.5 Å². The molecule has 0 saturated carbocycles. The quantitative estimate of drug-likeness (QED) is 0.586. The first-order valence-corrected chi connectivity index (χ1v) is 8.55. The van der Waals surface area contributed by atoms with E-state index in [0.29, 0.717) is 18.6 Å². The lowest BCUT2D eigenvalue weighted by atomic mass is 10.1. The van der Waals surface area contributed by atoms with Crippen LogP contribution in [-0.2, 0) is 18.3 Å². The molecule has 1 atom stereocenters. The molecule has 0 radical (unpaired) electrons. The molecule has 130 valence electrons. The Balaban J connectivity index is 1.90. The minimum atomic E-state index is 0.296. The SMILES string of the molecule is Cc1nnc(CN=C(NCCC(C)C)NCC2CCCO2)n1C. The number of aromatic nitrogens is 3. The molecule has 1 aliphatic heterocycles. The molecule has 0 aliphatic carbocycles. The summed E-state index contributed by atoms with van der Waals surface area (Å²) < 4.78 is 7.63. The Hall–Kier alpha value is -1.63. The molecule has 2 N–H and O–H groups in total. The van der Waals surface area contributed by atoms with Gasteiger partial charge in [-0.3, -0.25) is 0 Å². The summed E-state index contributed by atoms with van der Waals surface area (Å²) in [7, 11) is 1.96. The molecule has 1 saturated heterocycles. The van der Waals surface area contributed by atoms with Crippen molar-refractivity contribution in [3.63, 3.8) is 0 Å². The summed E-state index contributed by atoms with van der Waals surface area (Å²) in [4.78, 5) is 4.64. The molecular formula is C16H30N6O. The zero-order valence-electron chi connectivity index (χ0n) is 14.8. The highest BCUT2D eigenvalue weighted by Crippen LogP contribution is 2.10. The summed E-state index contributed by atoms with van der Waals surface area (Å²) in [6.45, 7) is 9.48. The number of aryl methyl sites for hydroxylation is 1. The van der Waals surface area contributed by atoms with Crippen LogP contribution >= 0.6 is 0 Å². The minimum Gasteiger partial charge on any atom is -0.376 e. The molecule has 2 rings (SSSR count). The molecule has 0 bridgehead atoms. The van der Waals surface area contributed by atoms with E-state index in [1.165, 1.54) is 0 Å². The fraction of sp³-hybridized carbons (Fsp3) is 0.812. The number of nitrogens with one attached hydrogen (secondary N) is 2. The monoisotopic (exact) mass is 322 g/mol. The van der Waals surface area contributed by atoms with Crippen LogP contribution in [0.5, 0.6) is 0 Å². The number of rotatable bonds is 7. The third-order valence-corrected chi connectivity index (χ3v) is 4.10. The first kappa shape index (κ1) is 17.7. The summed E-state index contributed by atoms with van der Waals surface area (Å²) in [6, 6.07) is 0. The Labute approximate surface area is 138 Å². The Kier molecular flexibility index (Phi) is 6.83. The van der Waals surface area contributed by atoms with Crippen molar-refractivity contribution in [2.24, 2.45) is 18.0 Å². The van der Waals surface area contributed by atoms with Crippen LogP contribution in [0, 0.1) is 12.8 Å². The van der Waals surface area contributed by atoms with Gasteiger partial charge in [-0.2, -0.15) is 0 Å². The molecule has 7 heteroatoms. The molecule has 2 heterocycles. The molecule has 7 nitrogen and oxygen atoms in total. The van der Waals surface area contributed by atoms with Crippen molar-refractivity contribution in [2.45, 2.75) is 52.7 Å². The van der Waals surface area contributed by atoms with Gasteiger partial charge in [0.25, 0.3) is 0 Å². The van der Waals surface area contributed by atoms with Crippen molar-refractivity contribution < 1.29 is 4.74 Å². The van der Waals surface area contributed by atoms with Gasteiger partial charge in [-0.1, -0.05) is 13.8 Å². The van der Waals surface area contributed by atoms with Crippen molar-refractivity contribution in [1.82, 2.24) is 25.4 Å². The van der Waals surface area contributed by atoms with E-state index in [0.717, 1.165) is 56.6 Å². The number of hydrogen-bond donors (Lipinski definition) is 2. The second-order valence-electron chi connectivity index (χ2n) is 6.51. The van der Waals surface area contributed by atoms with Gasteiger partial charge >= 0.3 is 0 Å². The first-order valence-electron chi connectivity index (χ1n) is 8.55. The topological polar surface area (TPSA) is 76.4 Å². The van der Waals surface area contributed by atoms with Gasteiger partial charge in [-0.05, 0) is 32.1 Å². The Morgan fingerprint density at radius 2 is 2.22 bits per heavy atom. The zero-order chi connectivity index (χ0) is 16.7. The van der Waals surface area contributed by atoms with Crippen molar-refractivity contribution in [1.29, 1.82) is 0 Å². The van der Waals surface area contributed by atoms with Crippen LogP contribution in [0.2, 0.25) is 0 Å². The minimum absolute atomic E-state index is 0.296. The molecule has 0 spiro atoms. The maximum atomic E-state index is 5.66. The summed E-state index contributed by atoms with van der Waals surface area (Å²) in [5.41, 5.74) is 0. The molecule has 0 aromatic carbocycles. The number of aliphatic imine (C=N–C) groups is 1. The van der Waals surface area contributed by atoms with Gasteiger partial charge in [0.2, 0.25) is 0 Å². The summed E-state index contributed by atoms with van der Waals surface area (Å²) >= 11 is 0. The third-order valence-electron chi connectivity index (χ3n) is 4.10. The molecule has 1 fully saturated rings. The average Bonchev–Trinajstić information content (AvgIpc) is 3.13. The van der Waals surface area contributed by atoms with Crippen LogP contribution in [0.1, 0.15) is 44.8 Å². The molecular weight excluding hydrogens is 292 g/mol. The van der Waals surface area contributed by atoms with Gasteiger partial charge in [-0.15, -0.1) is 10.2 Å². The largest absolute Gasteiger partial charge is 0.376 e. The number of ether oxygens (including phenoxy) is 1. The normalized spacial score (nSPS) is 18.7. The molecule has 1 aromatic heterocycles. The highest BCUT2D eigenvalue weighted by Gasteiger charge is 2.15. The summed E-state index contributed by atoms with van der Waals surface area (Å²) in [5, 5.41) is 15.0. The predicted molar refractivity (Wildman–Crippen MR) is 91.3 cm³/mol. The van der Waals surface area contributed by atoms with E-state index in [-0.39, 0.29) is 0 Å². The van der Waals surface area contributed by atoms with Gasteiger partial charge in [0.1, 0.15) is 12.4 Å². The molecule has 0 amide bonds. The lowest BCUT2D eigenvalue weighted by Gasteiger charge is -2.16. The van der Waals surface area contributed by atoms with Crippen LogP contribution in [0.25, 0.3) is 0 Å². The van der Waals surface area contributed by atoms with Crippen LogP contribution < -0.4 is 10.6 Å². The Morgan fingerprint density at radius 3 is 2.83 bits per heavy atom. The maximum absolute atomic E-state index is 5.66. The number of nitrogens with zero attached hydrogens (tertiary/aromatic N) is 4. The third kappa shape index (κ3) is 5.82. The fourth-order valence-electron chi connectivity index (χ4n) is 2.41. The van der Waals surface area contributed by atoms with Gasteiger partial charge < -0.3 is 19.9 Å². The predicted octanol–water partition coefficient (Wildman–Crippen LogP) is 1.38. The van der Waals surface area contributed by atoms with E-state index in [9.17, 15) is 0 Å². The molecule has 23 heavy (non-hydrogen) atoms. The van der Waals surface area contributed by atoms with Crippen molar-refractivity contribution in [2.75, 3.05) is 19.7 Å². The van der Waals surface area contributed by atoms with E-state index in [4.69, 9.17) is 4.74 Å². The van der Waals surface area contributed by atoms with E-state index in [1.807, 2.05) is 18.5 Å². The summed E-state index contributed by atoms with van der Waals surface area (Å²) in [5.74, 6) is 3.26. The van der Waals surface area contributed by atoms with Crippen molar-refractivity contribution >= 4 is 5.96 Å². The average molecular weight is 322 g/mol. The van der Waals surface area contributed by atoms with Gasteiger partial charge in [0, 0.05) is 26.7 Å². The van der Waals surface area contributed by atoms with Crippen LogP contribution in [0.4, 0.5) is 0 Å². The second-order valence-corrected chi connectivity index (χ2v) is 6.51. The Morgan fingerprint density at radius 1 is 1.39 bits per heavy atom. The smallest absolute Gasteiger partial charge is 0.191 e. The van der Waals surface area contributed by atoms with E-state index in [2.05, 4.69) is 39.7 Å². The second kappa shape index (κ2) is 8.86. The van der Waals surface area contributed by atoms with Gasteiger partial charge in [0.15, 0.2) is 11.8 Å². The molecule has 1 aliphatic rings. The maximum Gasteiger partial charge on any atom is 0.191 e. The van der Waals surface area contributed by atoms with Crippen molar-refractivity contribution in [3.8, 4) is 0 Å². The highest BCUT2D eigenvalue weighted by molar-refractivity contribution is 5.79. The molecule has 1 aromatic rings. The van der Waals surface area contributed by atoms with Crippen LogP contribution in [0.15, 0.2) is 4.99 Å². The number of hydrogen-bond acceptors (Lipinski definition) is 4. The number of guanidine groups is 1. The van der Waals surface area contributed by atoms with Gasteiger partial charge in [0.05, 0.1) is 6.10 Å². The van der Waals surface area contributed by atoms with E-state index < -0.39 is 0 Å². The van der Waals surface area contributed by atoms with Crippen LogP contribution in [0.3, 0.4) is 0 Å². The summed E-state index contributed by atoms with van der Waals surface area (Å²) in [6.07, 6.45) is 3.68. The Bertz CT molecular complexity index is 505. The standard InChI is InChI=1S/C16H30N6O/c1-12(2)7-8-17-16(18-10-14-6-5-9-23-14)19-11-15-21-20-13(3)22(15)4/h12,14H,5-11H2,1-4H3,(H2,17,18,19). The highest BCUT2D eigenvalue weighted by atomic mass is 16.5. The van der Waals surface area contributed by atoms with E-state index >= 15 is 0 Å². The van der Waals surface area contributed by atoms with Crippen molar-refractivity contribution in [3.05, 3.63) is 11.6 Å². The first-order chi connectivity index (χ1) is 11.1. The lowest BCUT2D eigenvalue weighted by Crippen LogP contribution is -2.41. The fourth-order valence-corrected chi connectivity index (χ4v) is 2.41. The van der Waals surface area contributed by atoms with Gasteiger partial charge in [-0.25, -0.2) is 4.99 Å². The lowest BCUT2D eigenvalue weighted by molar-refractivity contribution is 0.114. The zero-order valence-corrected chi connectivity index (χ0v) is 14.8. The van der Waals surface area contributed by atoms with E-state index in [1.54, 1.807) is 0 Å².